The van der Waals surface area contributed by atoms with Crippen LogP contribution in [0.15, 0.2) is 65.6 Å². The number of para-hydroxylation sites is 2. The summed E-state index contributed by atoms with van der Waals surface area (Å²) < 4.78 is 10.6. The number of hydrogen-bond donors (Lipinski definition) is 2. The molecule has 3 aromatic rings. The fraction of sp³-hybridized carbons (Fsp3) is 0.0909. The minimum absolute atomic E-state index is 0.0513. The predicted molar refractivity (Wildman–Crippen MR) is 110 cm³/mol. The minimum atomic E-state index is -0.872. The fourth-order valence-electron chi connectivity index (χ4n) is 3.66. The second-order valence-corrected chi connectivity index (χ2v) is 7.72. The first-order valence-corrected chi connectivity index (χ1v) is 9.96. The van der Waals surface area contributed by atoms with Crippen LogP contribution in [0.3, 0.4) is 0 Å². The van der Waals surface area contributed by atoms with E-state index in [0.29, 0.717) is 21.9 Å². The molecule has 1 amide bonds. The highest BCUT2D eigenvalue weighted by Gasteiger charge is 2.48. The number of thiophene rings is 1. The number of carbonyl (C=O) groups is 2. The number of Topliss-reactive ketones (excluding diaryl/α,β-unsaturated/α-hetero) is 1. The van der Waals surface area contributed by atoms with Crippen LogP contribution < -0.4 is 14.4 Å². The molecule has 0 radical (unpaired) electrons. The van der Waals surface area contributed by atoms with E-state index in [2.05, 4.69) is 0 Å². The standard InChI is InChI=1S/C22H15NO6S/c24-14-5-2-1-4-13(14)23-19(17-6-3-9-30-17)18(21(26)22(23)27)20(25)12-7-8-15-16(10-12)29-11-28-15/h1-10,19,24-25H,11H2/b20-18-. The van der Waals surface area contributed by atoms with Gasteiger partial charge in [-0.15, -0.1) is 11.3 Å². The van der Waals surface area contributed by atoms with Gasteiger partial charge in [0.05, 0.1) is 11.3 Å². The first kappa shape index (κ1) is 18.3. The second kappa shape index (κ2) is 6.93. The highest BCUT2D eigenvalue weighted by molar-refractivity contribution is 7.10. The van der Waals surface area contributed by atoms with E-state index in [9.17, 15) is 19.8 Å². The summed E-state index contributed by atoms with van der Waals surface area (Å²) in [5.74, 6) is -1.12. The molecule has 150 valence electrons. The van der Waals surface area contributed by atoms with Crippen LogP contribution in [-0.2, 0) is 9.59 Å². The van der Waals surface area contributed by atoms with Gasteiger partial charge >= 0.3 is 0 Å². The maximum absolute atomic E-state index is 13.0. The Morgan fingerprint density at radius 1 is 1.03 bits per heavy atom. The Morgan fingerprint density at radius 3 is 2.60 bits per heavy atom. The van der Waals surface area contributed by atoms with Crippen molar-refractivity contribution >= 4 is 34.5 Å². The van der Waals surface area contributed by atoms with Crippen molar-refractivity contribution < 1.29 is 29.3 Å². The molecule has 0 saturated carbocycles. The van der Waals surface area contributed by atoms with Crippen molar-refractivity contribution in [1.29, 1.82) is 0 Å². The van der Waals surface area contributed by atoms with Crippen molar-refractivity contribution in [2.24, 2.45) is 0 Å². The van der Waals surface area contributed by atoms with Crippen molar-refractivity contribution in [3.8, 4) is 17.2 Å². The van der Waals surface area contributed by atoms with Gasteiger partial charge in [0, 0.05) is 10.4 Å². The van der Waals surface area contributed by atoms with E-state index < -0.39 is 17.7 Å². The SMILES string of the molecule is O=C1C(=O)N(c2ccccc2O)C(c2cccs2)/C1=C(/O)c1ccc2c(c1)OCO2. The van der Waals surface area contributed by atoms with E-state index in [1.807, 2.05) is 5.38 Å². The Kier molecular flexibility index (Phi) is 4.22. The maximum atomic E-state index is 13.0. The van der Waals surface area contributed by atoms with Crippen LogP contribution in [0.25, 0.3) is 5.76 Å². The largest absolute Gasteiger partial charge is 0.507 e. The minimum Gasteiger partial charge on any atom is -0.507 e. The third-order valence-corrected chi connectivity index (χ3v) is 5.97. The molecular weight excluding hydrogens is 406 g/mol. The lowest BCUT2D eigenvalue weighted by Crippen LogP contribution is -2.29. The molecule has 30 heavy (non-hydrogen) atoms. The molecule has 2 aliphatic rings. The zero-order chi connectivity index (χ0) is 20.8. The number of benzene rings is 2. The number of hydrogen-bond acceptors (Lipinski definition) is 7. The predicted octanol–water partition coefficient (Wildman–Crippen LogP) is 3.81. The average Bonchev–Trinajstić information content (AvgIpc) is 3.48. The quantitative estimate of drug-likeness (QED) is 0.379. The number of anilines is 1. The van der Waals surface area contributed by atoms with Crippen LogP contribution in [0.4, 0.5) is 5.69 Å². The molecule has 3 heterocycles. The van der Waals surface area contributed by atoms with Crippen LogP contribution in [-0.4, -0.2) is 28.7 Å². The van der Waals surface area contributed by atoms with Gasteiger partial charge < -0.3 is 19.7 Å². The molecule has 7 nitrogen and oxygen atoms in total. The first-order valence-electron chi connectivity index (χ1n) is 9.08. The molecule has 8 heteroatoms. The van der Waals surface area contributed by atoms with Crippen LogP contribution in [0.1, 0.15) is 16.5 Å². The summed E-state index contributed by atoms with van der Waals surface area (Å²) in [5.41, 5.74) is 0.475. The highest BCUT2D eigenvalue weighted by atomic mass is 32.1. The Labute approximate surface area is 175 Å². The smallest absolute Gasteiger partial charge is 0.300 e. The number of amides is 1. The highest BCUT2D eigenvalue weighted by Crippen LogP contribution is 2.46. The molecule has 0 bridgehead atoms. The number of rotatable bonds is 3. The van der Waals surface area contributed by atoms with Crippen LogP contribution in [0.2, 0.25) is 0 Å². The number of fused-ring (bicyclic) bond motifs is 1. The van der Waals surface area contributed by atoms with E-state index in [0.717, 1.165) is 0 Å². The summed E-state index contributed by atoms with van der Waals surface area (Å²) in [4.78, 5) is 27.9. The Bertz CT molecular complexity index is 1200. The van der Waals surface area contributed by atoms with E-state index in [-0.39, 0.29) is 29.6 Å². The van der Waals surface area contributed by atoms with E-state index >= 15 is 0 Å². The van der Waals surface area contributed by atoms with Gasteiger partial charge in [-0.1, -0.05) is 18.2 Å². The van der Waals surface area contributed by atoms with Gasteiger partial charge in [-0.2, -0.15) is 0 Å². The molecule has 2 aliphatic heterocycles. The average molecular weight is 421 g/mol. The number of aliphatic hydroxyl groups is 1. The third-order valence-electron chi connectivity index (χ3n) is 5.04. The van der Waals surface area contributed by atoms with Gasteiger partial charge in [0.25, 0.3) is 11.7 Å². The molecule has 1 fully saturated rings. The Hall–Kier alpha value is -3.78. The monoisotopic (exact) mass is 421 g/mol. The number of ketones is 1. The molecule has 2 aromatic carbocycles. The fourth-order valence-corrected chi connectivity index (χ4v) is 4.49. The molecule has 0 spiro atoms. The van der Waals surface area contributed by atoms with E-state index in [4.69, 9.17) is 9.47 Å². The summed E-state index contributed by atoms with van der Waals surface area (Å²) in [6, 6.07) is 13.8. The number of phenols is 1. The molecular formula is C22H15NO6S. The molecule has 0 aliphatic carbocycles. The van der Waals surface area contributed by atoms with Crippen LogP contribution in [0, 0.1) is 0 Å². The first-order chi connectivity index (χ1) is 14.6. The summed E-state index contributed by atoms with van der Waals surface area (Å²) in [6.07, 6.45) is 0. The molecule has 1 unspecified atom stereocenters. The summed E-state index contributed by atoms with van der Waals surface area (Å²) in [5, 5.41) is 23.2. The van der Waals surface area contributed by atoms with Crippen molar-refractivity contribution in [3.63, 3.8) is 0 Å². The second-order valence-electron chi connectivity index (χ2n) is 6.74. The summed E-state index contributed by atoms with van der Waals surface area (Å²) in [6.45, 7) is 0.0758. The molecule has 1 saturated heterocycles. The van der Waals surface area contributed by atoms with Gasteiger partial charge in [0.2, 0.25) is 6.79 Å². The molecule has 5 rings (SSSR count). The van der Waals surface area contributed by atoms with Crippen LogP contribution >= 0.6 is 11.3 Å². The van der Waals surface area contributed by atoms with Crippen molar-refractivity contribution in [1.82, 2.24) is 0 Å². The van der Waals surface area contributed by atoms with Gasteiger partial charge in [-0.05, 0) is 41.8 Å². The normalized spacial score (nSPS) is 19.5. The topological polar surface area (TPSA) is 96.3 Å². The van der Waals surface area contributed by atoms with Gasteiger partial charge in [0.1, 0.15) is 17.6 Å². The zero-order valence-corrected chi connectivity index (χ0v) is 16.3. The van der Waals surface area contributed by atoms with Gasteiger partial charge in [-0.3, -0.25) is 14.5 Å². The number of aromatic hydroxyl groups is 1. The van der Waals surface area contributed by atoms with Crippen molar-refractivity contribution in [2.45, 2.75) is 6.04 Å². The number of aliphatic hydroxyl groups excluding tert-OH is 1. The van der Waals surface area contributed by atoms with Gasteiger partial charge in [0.15, 0.2) is 11.5 Å². The van der Waals surface area contributed by atoms with Crippen molar-refractivity contribution in [3.05, 3.63) is 76.0 Å². The lowest BCUT2D eigenvalue weighted by atomic mass is 9.99. The summed E-state index contributed by atoms with van der Waals surface area (Å²) in [7, 11) is 0. The van der Waals surface area contributed by atoms with Crippen molar-refractivity contribution in [2.75, 3.05) is 11.7 Å². The molecule has 1 atom stereocenters. The summed E-state index contributed by atoms with van der Waals surface area (Å²) >= 11 is 1.35. The van der Waals surface area contributed by atoms with Crippen LogP contribution in [0.5, 0.6) is 17.2 Å². The van der Waals surface area contributed by atoms with E-state index in [1.165, 1.54) is 22.3 Å². The number of phenolic OH excluding ortho intramolecular Hbond substituents is 1. The molecule has 1 aromatic heterocycles. The number of nitrogens with zero attached hydrogens (tertiary/aromatic N) is 1. The Morgan fingerprint density at radius 2 is 1.83 bits per heavy atom. The lowest BCUT2D eigenvalue weighted by molar-refractivity contribution is -0.132. The zero-order valence-electron chi connectivity index (χ0n) is 15.4. The number of carbonyl (C=O) groups excluding carboxylic acids is 2. The third kappa shape index (κ3) is 2.73. The Balaban J connectivity index is 1.70. The lowest BCUT2D eigenvalue weighted by Gasteiger charge is -2.24. The number of ether oxygens (including phenoxy) is 2. The molecule has 2 N–H and O–H groups in total. The van der Waals surface area contributed by atoms with Gasteiger partial charge in [-0.25, -0.2) is 0 Å². The maximum Gasteiger partial charge on any atom is 0.300 e. The van der Waals surface area contributed by atoms with E-state index in [1.54, 1.807) is 48.5 Å².